The van der Waals surface area contributed by atoms with Crippen LogP contribution in [-0.2, 0) is 9.53 Å². The van der Waals surface area contributed by atoms with Gasteiger partial charge in [-0.25, -0.2) is 0 Å². The van der Waals surface area contributed by atoms with Crippen LogP contribution in [0.4, 0.5) is 0 Å². The molecule has 0 saturated heterocycles. The van der Waals surface area contributed by atoms with Crippen molar-refractivity contribution in [1.82, 2.24) is 0 Å². The number of Topliss-reactive ketones (excluding diaryl/α,β-unsaturated/α-hetero) is 1. The van der Waals surface area contributed by atoms with Crippen LogP contribution in [0.2, 0.25) is 0 Å². The summed E-state index contributed by atoms with van der Waals surface area (Å²) in [4.78, 5) is 12.5. The van der Waals surface area contributed by atoms with Gasteiger partial charge in [-0.1, -0.05) is 26.7 Å². The molecule has 7 atom stereocenters. The molecule has 0 radical (unpaired) electrons. The zero-order chi connectivity index (χ0) is 15.5. The van der Waals surface area contributed by atoms with E-state index in [2.05, 4.69) is 13.8 Å². The van der Waals surface area contributed by atoms with Crippen LogP contribution in [0.5, 0.6) is 0 Å². The Balaban J connectivity index is 1.66. The Hall–Kier alpha value is -0.370. The summed E-state index contributed by atoms with van der Waals surface area (Å²) in [6, 6.07) is 0. The van der Waals surface area contributed by atoms with Crippen LogP contribution < -0.4 is 0 Å². The van der Waals surface area contributed by atoms with Crippen LogP contribution in [-0.4, -0.2) is 19.0 Å². The molecule has 0 aromatic heterocycles. The molecule has 0 aromatic carbocycles. The fourth-order valence-corrected chi connectivity index (χ4v) is 7.45. The van der Waals surface area contributed by atoms with Crippen molar-refractivity contribution in [2.75, 3.05) is 7.11 Å². The Morgan fingerprint density at radius 2 is 1.77 bits per heavy atom. The highest BCUT2D eigenvalue weighted by atomic mass is 16.5. The largest absolute Gasteiger partial charge is 0.373 e. The van der Waals surface area contributed by atoms with Crippen LogP contribution >= 0.6 is 0 Å². The van der Waals surface area contributed by atoms with E-state index in [1.54, 1.807) is 7.11 Å². The van der Waals surface area contributed by atoms with Gasteiger partial charge in [-0.15, -0.1) is 0 Å². The number of methoxy groups -OCH3 is 1. The molecule has 22 heavy (non-hydrogen) atoms. The highest BCUT2D eigenvalue weighted by Crippen LogP contribution is 2.65. The van der Waals surface area contributed by atoms with Crippen molar-refractivity contribution in [3.8, 4) is 0 Å². The van der Waals surface area contributed by atoms with E-state index in [4.69, 9.17) is 4.74 Å². The summed E-state index contributed by atoms with van der Waals surface area (Å²) in [7, 11) is 1.74. The first kappa shape index (κ1) is 15.2. The van der Waals surface area contributed by atoms with Gasteiger partial charge in [0.25, 0.3) is 0 Å². The Morgan fingerprint density at radius 1 is 0.955 bits per heavy atom. The molecule has 0 spiro atoms. The Kier molecular flexibility index (Phi) is 3.49. The van der Waals surface area contributed by atoms with Crippen LogP contribution in [0.3, 0.4) is 0 Å². The summed E-state index contributed by atoms with van der Waals surface area (Å²) >= 11 is 0. The Bertz CT molecular complexity index is 472. The fourth-order valence-electron chi connectivity index (χ4n) is 7.45. The third kappa shape index (κ3) is 1.85. The lowest BCUT2D eigenvalue weighted by atomic mass is 9.45. The van der Waals surface area contributed by atoms with Crippen molar-refractivity contribution in [2.45, 2.75) is 77.7 Å². The van der Waals surface area contributed by atoms with Crippen LogP contribution in [0.25, 0.3) is 0 Å². The minimum Gasteiger partial charge on any atom is -0.373 e. The normalized spacial score (nSPS) is 54.5. The molecule has 0 aromatic rings. The lowest BCUT2D eigenvalue weighted by Gasteiger charge is -2.60. The average Bonchev–Trinajstić information content (AvgIpc) is 2.76. The number of ketones is 1. The van der Waals surface area contributed by atoms with Crippen molar-refractivity contribution in [2.24, 2.45) is 34.5 Å². The molecule has 2 nitrogen and oxygen atoms in total. The number of rotatable bonds is 1. The Labute approximate surface area is 135 Å². The van der Waals surface area contributed by atoms with Crippen molar-refractivity contribution in [3.05, 3.63) is 0 Å². The van der Waals surface area contributed by atoms with Gasteiger partial charge < -0.3 is 4.74 Å². The molecule has 4 saturated carbocycles. The second kappa shape index (κ2) is 5.06. The summed E-state index contributed by atoms with van der Waals surface area (Å²) in [5.74, 6) is 3.58. The zero-order valence-electron chi connectivity index (χ0n) is 14.6. The minimum absolute atomic E-state index is 0.116. The van der Waals surface area contributed by atoms with Gasteiger partial charge in [0.15, 0.2) is 5.78 Å². The fraction of sp³-hybridized carbons (Fsp3) is 0.950. The van der Waals surface area contributed by atoms with Crippen LogP contribution in [0.1, 0.15) is 71.6 Å². The maximum atomic E-state index is 12.5. The quantitative estimate of drug-likeness (QED) is 0.707. The van der Waals surface area contributed by atoms with Crippen LogP contribution in [0, 0.1) is 34.5 Å². The number of ether oxygens (including phenoxy) is 1. The topological polar surface area (TPSA) is 26.3 Å². The van der Waals surface area contributed by atoms with Gasteiger partial charge in [-0.05, 0) is 67.6 Å². The molecule has 4 rings (SSSR count). The van der Waals surface area contributed by atoms with Crippen molar-refractivity contribution in [1.29, 1.82) is 0 Å². The molecule has 0 unspecified atom stereocenters. The number of carbonyl (C=O) groups excluding carboxylic acids is 1. The second-order valence-corrected chi connectivity index (χ2v) is 9.23. The first-order valence-corrected chi connectivity index (χ1v) is 9.56. The highest BCUT2D eigenvalue weighted by molar-refractivity contribution is 5.87. The first-order valence-electron chi connectivity index (χ1n) is 9.56. The summed E-state index contributed by atoms with van der Waals surface area (Å²) < 4.78 is 5.66. The number of hydrogen-bond donors (Lipinski definition) is 0. The third-order valence-electron chi connectivity index (χ3n) is 8.57. The van der Waals surface area contributed by atoms with Gasteiger partial charge in [0.2, 0.25) is 0 Å². The predicted molar refractivity (Wildman–Crippen MR) is 87.5 cm³/mol. The molecule has 0 bridgehead atoms. The molecule has 0 heterocycles. The van der Waals surface area contributed by atoms with E-state index in [-0.39, 0.29) is 11.5 Å². The van der Waals surface area contributed by atoms with Gasteiger partial charge in [0, 0.05) is 18.9 Å². The van der Waals surface area contributed by atoms with Gasteiger partial charge in [0.1, 0.15) is 6.10 Å². The molecule has 0 N–H and O–H groups in total. The van der Waals surface area contributed by atoms with E-state index in [0.717, 1.165) is 24.2 Å². The van der Waals surface area contributed by atoms with E-state index in [1.165, 1.54) is 51.4 Å². The maximum absolute atomic E-state index is 12.5. The monoisotopic (exact) mass is 304 g/mol. The number of hydrogen-bond acceptors (Lipinski definition) is 2. The molecule has 4 aliphatic rings. The summed E-state index contributed by atoms with van der Waals surface area (Å²) in [5, 5.41) is 0. The average molecular weight is 304 g/mol. The Morgan fingerprint density at radius 3 is 2.55 bits per heavy atom. The number of carbonyl (C=O) groups is 1. The SMILES string of the molecule is CO[C@H]1C(=O)C[C@H]2[C@@H]3CC[C@H]4CCCC[C@]4(C)[C@H]3CC[C@]12C. The highest BCUT2D eigenvalue weighted by Gasteiger charge is 2.62. The van der Waals surface area contributed by atoms with E-state index in [1.807, 2.05) is 0 Å². The zero-order valence-corrected chi connectivity index (χ0v) is 14.6. The molecular weight excluding hydrogens is 272 g/mol. The molecule has 4 aliphatic carbocycles. The van der Waals surface area contributed by atoms with E-state index in [0.29, 0.717) is 17.1 Å². The number of fused-ring (bicyclic) bond motifs is 5. The molecule has 0 aliphatic heterocycles. The van der Waals surface area contributed by atoms with E-state index in [9.17, 15) is 4.79 Å². The summed E-state index contributed by atoms with van der Waals surface area (Å²) in [6.45, 7) is 4.95. The molecule has 0 amide bonds. The van der Waals surface area contributed by atoms with E-state index < -0.39 is 0 Å². The standard InChI is InChI=1S/C20H32O2/c1-19-10-5-4-6-13(19)7-8-14-15(19)9-11-20(2)16(14)12-17(21)18(20)22-3/h13-16,18H,4-12H2,1-3H3/t13-,14-,15+,16+,18+,19+,20+/m1/s1. The summed E-state index contributed by atoms with van der Waals surface area (Å²) in [6.07, 6.45) is 11.7. The maximum Gasteiger partial charge on any atom is 0.162 e. The van der Waals surface area contributed by atoms with Gasteiger partial charge in [0.05, 0.1) is 0 Å². The van der Waals surface area contributed by atoms with Crippen molar-refractivity contribution >= 4 is 5.78 Å². The molecule has 2 heteroatoms. The molecular formula is C20H32O2. The van der Waals surface area contributed by atoms with Crippen molar-refractivity contribution in [3.63, 3.8) is 0 Å². The van der Waals surface area contributed by atoms with E-state index >= 15 is 0 Å². The van der Waals surface area contributed by atoms with Crippen LogP contribution in [0.15, 0.2) is 0 Å². The molecule has 4 fully saturated rings. The second-order valence-electron chi connectivity index (χ2n) is 9.23. The van der Waals surface area contributed by atoms with Gasteiger partial charge >= 0.3 is 0 Å². The lowest BCUT2D eigenvalue weighted by Crippen LogP contribution is -2.53. The summed E-state index contributed by atoms with van der Waals surface area (Å²) in [5.41, 5.74) is 0.682. The van der Waals surface area contributed by atoms with Crippen molar-refractivity contribution < 1.29 is 9.53 Å². The smallest absolute Gasteiger partial charge is 0.162 e. The molecule has 124 valence electrons. The predicted octanol–water partition coefficient (Wildman–Crippen LogP) is 4.61. The van der Waals surface area contributed by atoms with Gasteiger partial charge in [-0.3, -0.25) is 4.79 Å². The van der Waals surface area contributed by atoms with Gasteiger partial charge in [-0.2, -0.15) is 0 Å². The lowest BCUT2D eigenvalue weighted by molar-refractivity contribution is -0.137. The third-order valence-corrected chi connectivity index (χ3v) is 8.57. The first-order chi connectivity index (χ1) is 10.5. The minimum atomic E-state index is -0.129.